The van der Waals surface area contributed by atoms with E-state index in [1.807, 2.05) is 13.0 Å². The van der Waals surface area contributed by atoms with Gasteiger partial charge >= 0.3 is 0 Å². The number of carbonyl (C=O) groups is 1. The van der Waals surface area contributed by atoms with E-state index >= 15 is 0 Å². The summed E-state index contributed by atoms with van der Waals surface area (Å²) in [7, 11) is 0. The van der Waals surface area contributed by atoms with Gasteiger partial charge in [-0.1, -0.05) is 49.8 Å². The van der Waals surface area contributed by atoms with Gasteiger partial charge in [0.15, 0.2) is 5.78 Å². The molecule has 0 aliphatic carbocycles. The highest BCUT2D eigenvalue weighted by Crippen LogP contribution is 2.23. The molecule has 1 heteroatoms. The van der Waals surface area contributed by atoms with Crippen LogP contribution < -0.4 is 0 Å². The monoisotopic (exact) mass is 256 g/mol. The number of hydrogen-bond acceptors (Lipinski definition) is 1. The van der Waals surface area contributed by atoms with Crippen molar-refractivity contribution in [1.29, 1.82) is 0 Å². The molecule has 1 aromatic carbocycles. The van der Waals surface area contributed by atoms with Crippen LogP contribution in [-0.4, -0.2) is 5.78 Å². The van der Waals surface area contributed by atoms with E-state index in [0.29, 0.717) is 5.92 Å². The van der Waals surface area contributed by atoms with Crippen molar-refractivity contribution in [2.75, 3.05) is 0 Å². The number of benzene rings is 1. The Hall–Kier alpha value is -1.63. The Bertz CT molecular complexity index is 506. The van der Waals surface area contributed by atoms with Crippen LogP contribution in [0, 0.1) is 12.8 Å². The molecule has 0 aliphatic rings. The number of hydrogen-bond donors (Lipinski definition) is 0. The smallest absolute Gasteiger partial charge is 0.156 e. The zero-order valence-electron chi connectivity index (χ0n) is 12.7. The maximum atomic E-state index is 11.8. The number of aryl methyl sites for hydroxylation is 1. The highest BCUT2D eigenvalue weighted by molar-refractivity contribution is 5.96. The minimum Gasteiger partial charge on any atom is -0.295 e. The Labute approximate surface area is 117 Å². The fraction of sp³-hybridized carbons (Fsp3) is 0.389. The van der Waals surface area contributed by atoms with Crippen molar-refractivity contribution in [2.45, 2.75) is 41.0 Å². The Morgan fingerprint density at radius 2 is 2.05 bits per heavy atom. The average Bonchev–Trinajstić information content (AvgIpc) is 2.38. The molecule has 1 aromatic rings. The van der Waals surface area contributed by atoms with Crippen LogP contribution in [0.15, 0.2) is 42.0 Å². The molecular weight excluding hydrogens is 232 g/mol. The molecule has 0 amide bonds. The lowest BCUT2D eigenvalue weighted by Gasteiger charge is -2.13. The third kappa shape index (κ3) is 4.20. The standard InChI is InChI=1S/C18H24O/c1-6-14(4)18(15(5)19)12-16(7-2)17-10-8-9-13(3)11-17/h7-12,14H,6H2,1-5H3/b16-7+,18-12+. The average molecular weight is 256 g/mol. The van der Waals surface area contributed by atoms with Crippen molar-refractivity contribution < 1.29 is 4.79 Å². The van der Waals surface area contributed by atoms with E-state index in [1.54, 1.807) is 6.92 Å². The molecule has 0 heterocycles. The Kier molecular flexibility index (Phi) is 5.75. The van der Waals surface area contributed by atoms with Crippen LogP contribution in [0.1, 0.15) is 45.2 Å². The van der Waals surface area contributed by atoms with Crippen LogP contribution >= 0.6 is 0 Å². The molecule has 19 heavy (non-hydrogen) atoms. The first kappa shape index (κ1) is 15.4. The molecule has 0 fully saturated rings. The SMILES string of the molecule is C/C=C(\C=C(\C(C)=O)C(C)CC)c1cccc(C)c1. The van der Waals surface area contributed by atoms with E-state index < -0.39 is 0 Å². The molecule has 1 atom stereocenters. The lowest BCUT2D eigenvalue weighted by molar-refractivity contribution is -0.114. The summed E-state index contributed by atoms with van der Waals surface area (Å²) in [5, 5.41) is 0. The van der Waals surface area contributed by atoms with Crippen LogP contribution in [0.4, 0.5) is 0 Å². The molecule has 0 spiro atoms. The van der Waals surface area contributed by atoms with Gasteiger partial charge in [-0.2, -0.15) is 0 Å². The van der Waals surface area contributed by atoms with Gasteiger partial charge in [0.1, 0.15) is 0 Å². The van der Waals surface area contributed by atoms with Crippen molar-refractivity contribution in [1.82, 2.24) is 0 Å². The highest BCUT2D eigenvalue weighted by atomic mass is 16.1. The van der Waals surface area contributed by atoms with Crippen LogP contribution in [0.25, 0.3) is 5.57 Å². The maximum Gasteiger partial charge on any atom is 0.156 e. The van der Waals surface area contributed by atoms with Gasteiger partial charge in [-0.05, 0) is 55.9 Å². The molecule has 1 nitrogen and oxygen atoms in total. The molecule has 0 saturated heterocycles. The predicted octanol–water partition coefficient (Wildman–Crippen LogP) is 4.96. The predicted molar refractivity (Wildman–Crippen MR) is 83.0 cm³/mol. The van der Waals surface area contributed by atoms with Gasteiger partial charge in [0.25, 0.3) is 0 Å². The molecule has 0 saturated carbocycles. The molecule has 1 rings (SSSR count). The number of Topliss-reactive ketones (excluding diaryl/α,β-unsaturated/α-hetero) is 1. The van der Waals surface area contributed by atoms with Crippen LogP contribution in [0.5, 0.6) is 0 Å². The number of carbonyl (C=O) groups excluding carboxylic acids is 1. The topological polar surface area (TPSA) is 17.1 Å². The zero-order chi connectivity index (χ0) is 14.4. The molecule has 0 aromatic heterocycles. The summed E-state index contributed by atoms with van der Waals surface area (Å²) in [5.74, 6) is 0.471. The van der Waals surface area contributed by atoms with Gasteiger partial charge in [-0.25, -0.2) is 0 Å². The minimum absolute atomic E-state index is 0.168. The number of rotatable bonds is 5. The Morgan fingerprint density at radius 3 is 2.53 bits per heavy atom. The number of allylic oxidation sites excluding steroid dienone is 4. The fourth-order valence-corrected chi connectivity index (χ4v) is 2.14. The summed E-state index contributed by atoms with van der Waals surface area (Å²) in [6, 6.07) is 8.38. The van der Waals surface area contributed by atoms with Gasteiger partial charge in [-0.15, -0.1) is 0 Å². The first-order chi connectivity index (χ1) is 8.99. The van der Waals surface area contributed by atoms with Gasteiger partial charge in [-0.3, -0.25) is 4.79 Å². The van der Waals surface area contributed by atoms with Gasteiger partial charge in [0, 0.05) is 0 Å². The van der Waals surface area contributed by atoms with Crippen LogP contribution in [0.2, 0.25) is 0 Å². The van der Waals surface area contributed by atoms with E-state index in [9.17, 15) is 4.79 Å². The Balaban J connectivity index is 3.20. The van der Waals surface area contributed by atoms with Crippen molar-refractivity contribution in [3.8, 4) is 0 Å². The minimum atomic E-state index is 0.168. The second kappa shape index (κ2) is 7.08. The first-order valence-electron chi connectivity index (χ1n) is 6.95. The van der Waals surface area contributed by atoms with Gasteiger partial charge < -0.3 is 0 Å². The third-order valence-electron chi connectivity index (χ3n) is 3.52. The van der Waals surface area contributed by atoms with Crippen molar-refractivity contribution in [3.05, 3.63) is 53.1 Å². The summed E-state index contributed by atoms with van der Waals surface area (Å²) < 4.78 is 0. The van der Waals surface area contributed by atoms with Crippen LogP contribution in [-0.2, 0) is 4.79 Å². The quantitative estimate of drug-likeness (QED) is 0.537. The summed E-state index contributed by atoms with van der Waals surface area (Å²) in [4.78, 5) is 11.8. The molecule has 0 N–H and O–H groups in total. The number of ketones is 1. The zero-order valence-corrected chi connectivity index (χ0v) is 12.7. The molecule has 0 aliphatic heterocycles. The van der Waals surface area contributed by atoms with E-state index in [2.05, 4.69) is 51.1 Å². The normalized spacial score (nSPS) is 14.4. The summed E-state index contributed by atoms with van der Waals surface area (Å²) in [6.07, 6.45) is 5.10. The van der Waals surface area contributed by atoms with Gasteiger partial charge in [0.2, 0.25) is 0 Å². The summed E-state index contributed by atoms with van der Waals surface area (Å²) in [5.41, 5.74) is 4.44. The second-order valence-corrected chi connectivity index (χ2v) is 5.08. The van der Waals surface area contributed by atoms with E-state index in [4.69, 9.17) is 0 Å². The first-order valence-corrected chi connectivity index (χ1v) is 6.95. The largest absolute Gasteiger partial charge is 0.295 e. The maximum absolute atomic E-state index is 11.8. The summed E-state index contributed by atoms with van der Waals surface area (Å²) in [6.45, 7) is 9.98. The molecule has 0 bridgehead atoms. The van der Waals surface area contributed by atoms with E-state index in [0.717, 1.165) is 17.6 Å². The molecular formula is C18H24O. The lowest BCUT2D eigenvalue weighted by Crippen LogP contribution is -2.07. The van der Waals surface area contributed by atoms with Gasteiger partial charge in [0.05, 0.1) is 0 Å². The Morgan fingerprint density at radius 1 is 1.37 bits per heavy atom. The molecule has 102 valence electrons. The second-order valence-electron chi connectivity index (χ2n) is 5.08. The van der Waals surface area contributed by atoms with Crippen molar-refractivity contribution in [2.24, 2.45) is 5.92 Å². The molecule has 1 unspecified atom stereocenters. The lowest BCUT2D eigenvalue weighted by atomic mass is 9.91. The highest BCUT2D eigenvalue weighted by Gasteiger charge is 2.12. The van der Waals surface area contributed by atoms with Crippen molar-refractivity contribution >= 4 is 11.4 Å². The fourth-order valence-electron chi connectivity index (χ4n) is 2.14. The molecule has 0 radical (unpaired) electrons. The third-order valence-corrected chi connectivity index (χ3v) is 3.52. The van der Waals surface area contributed by atoms with Crippen LogP contribution in [0.3, 0.4) is 0 Å². The van der Waals surface area contributed by atoms with Crippen molar-refractivity contribution in [3.63, 3.8) is 0 Å². The van der Waals surface area contributed by atoms with E-state index in [-0.39, 0.29) is 5.78 Å². The van der Waals surface area contributed by atoms with E-state index in [1.165, 1.54) is 11.1 Å². The summed E-state index contributed by atoms with van der Waals surface area (Å²) >= 11 is 0.